The molecule has 2 fully saturated rings. The molecule has 1 aromatic carbocycles. The first kappa shape index (κ1) is 24.3. The second kappa shape index (κ2) is 10.7. The predicted molar refractivity (Wildman–Crippen MR) is 143 cm³/mol. The van der Waals surface area contributed by atoms with Crippen molar-refractivity contribution in [2.45, 2.75) is 19.6 Å². The summed E-state index contributed by atoms with van der Waals surface area (Å²) in [6, 6.07) is 8.30. The average Bonchev–Trinajstić information content (AvgIpc) is 2.88. The van der Waals surface area contributed by atoms with Crippen LogP contribution in [0.3, 0.4) is 0 Å². The third kappa shape index (κ3) is 5.37. The largest absolute Gasteiger partial charge is 0.375 e. The van der Waals surface area contributed by atoms with Crippen molar-refractivity contribution in [2.75, 3.05) is 67.5 Å². The van der Waals surface area contributed by atoms with Crippen LogP contribution >= 0.6 is 0 Å². The number of aromatic nitrogens is 2. The first-order valence-corrected chi connectivity index (χ1v) is 12.7. The summed E-state index contributed by atoms with van der Waals surface area (Å²) in [5.41, 5.74) is 3.13. The molecule has 4 heterocycles. The zero-order chi connectivity index (χ0) is 25.1. The SMILES string of the molecule is C=CC(O)N1CC(CCN2CC=Cc3cnc(Nc4ccc(N5CCN(C(C)=O)CC5)cc4)nc32)C1. The highest BCUT2D eigenvalue weighted by Crippen LogP contribution is 2.28. The number of likely N-dealkylation sites (tertiary alicyclic amines) is 1. The number of benzene rings is 1. The Kier molecular flexibility index (Phi) is 7.20. The number of anilines is 4. The van der Waals surface area contributed by atoms with Gasteiger partial charge in [-0.2, -0.15) is 4.98 Å². The molecule has 190 valence electrons. The zero-order valence-electron chi connectivity index (χ0n) is 20.9. The van der Waals surface area contributed by atoms with Gasteiger partial charge >= 0.3 is 0 Å². The minimum Gasteiger partial charge on any atom is -0.375 e. The number of fused-ring (bicyclic) bond motifs is 1. The van der Waals surface area contributed by atoms with Gasteiger partial charge in [0, 0.05) is 82.4 Å². The lowest BCUT2D eigenvalue weighted by Crippen LogP contribution is -2.52. The van der Waals surface area contributed by atoms with Gasteiger partial charge in [-0.1, -0.05) is 18.7 Å². The third-order valence-electron chi connectivity index (χ3n) is 7.31. The molecule has 0 saturated carbocycles. The van der Waals surface area contributed by atoms with E-state index >= 15 is 0 Å². The minimum atomic E-state index is -0.535. The first-order valence-electron chi connectivity index (χ1n) is 12.7. The lowest BCUT2D eigenvalue weighted by Gasteiger charge is -2.42. The van der Waals surface area contributed by atoms with Crippen LogP contribution in [0.5, 0.6) is 0 Å². The van der Waals surface area contributed by atoms with Gasteiger partial charge in [-0.15, -0.1) is 0 Å². The minimum absolute atomic E-state index is 0.145. The second-order valence-electron chi connectivity index (χ2n) is 9.74. The predicted octanol–water partition coefficient (Wildman–Crippen LogP) is 2.55. The number of piperazine rings is 1. The van der Waals surface area contributed by atoms with E-state index in [4.69, 9.17) is 4.98 Å². The van der Waals surface area contributed by atoms with Crippen LogP contribution < -0.4 is 15.1 Å². The Balaban J connectivity index is 1.18. The molecule has 2 N–H and O–H groups in total. The molecule has 1 atom stereocenters. The standard InChI is InChI=1S/C27H35N7O2/c1-3-25(36)34-18-21(19-34)10-12-33-11-4-5-22-17-28-27(30-26(22)33)29-23-6-8-24(9-7-23)32-15-13-31(14-16-32)20(2)35/h3-9,17,21,25,36H,1,10-16,18-19H2,2H3,(H,28,29,30). The molecular weight excluding hydrogens is 454 g/mol. The Morgan fingerprint density at radius 2 is 1.97 bits per heavy atom. The molecule has 3 aliphatic heterocycles. The number of hydrogen-bond acceptors (Lipinski definition) is 8. The normalized spacial score (nSPS) is 19.0. The van der Waals surface area contributed by atoms with Gasteiger partial charge in [0.25, 0.3) is 0 Å². The molecule has 0 spiro atoms. The van der Waals surface area contributed by atoms with Crippen molar-refractivity contribution >= 4 is 35.1 Å². The molecule has 0 bridgehead atoms. The van der Waals surface area contributed by atoms with E-state index in [-0.39, 0.29) is 5.91 Å². The lowest BCUT2D eigenvalue weighted by atomic mass is 9.95. The monoisotopic (exact) mass is 489 g/mol. The molecule has 9 nitrogen and oxygen atoms in total. The summed E-state index contributed by atoms with van der Waals surface area (Å²) >= 11 is 0. The van der Waals surface area contributed by atoms with Crippen molar-refractivity contribution in [3.8, 4) is 0 Å². The maximum atomic E-state index is 11.6. The highest BCUT2D eigenvalue weighted by Gasteiger charge is 2.30. The average molecular weight is 490 g/mol. The highest BCUT2D eigenvalue weighted by atomic mass is 16.3. The van der Waals surface area contributed by atoms with Gasteiger partial charge in [0.05, 0.1) is 0 Å². The molecule has 3 aliphatic rings. The van der Waals surface area contributed by atoms with E-state index in [2.05, 4.69) is 51.0 Å². The lowest BCUT2D eigenvalue weighted by molar-refractivity contribution is -0.129. The van der Waals surface area contributed by atoms with E-state index < -0.39 is 6.23 Å². The van der Waals surface area contributed by atoms with Crippen LogP contribution in [0.4, 0.5) is 23.1 Å². The number of aliphatic hydroxyl groups excluding tert-OH is 1. The topological polar surface area (TPSA) is 88.1 Å². The summed E-state index contributed by atoms with van der Waals surface area (Å²) in [6.07, 6.45) is 8.22. The second-order valence-corrected chi connectivity index (χ2v) is 9.74. The quantitative estimate of drug-likeness (QED) is 0.547. The molecule has 2 aromatic rings. The summed E-state index contributed by atoms with van der Waals surface area (Å²) < 4.78 is 0. The van der Waals surface area contributed by atoms with Crippen LogP contribution in [0, 0.1) is 5.92 Å². The maximum Gasteiger partial charge on any atom is 0.229 e. The van der Waals surface area contributed by atoms with Gasteiger partial charge in [0.15, 0.2) is 0 Å². The summed E-state index contributed by atoms with van der Waals surface area (Å²) in [6.45, 7) is 12.1. The Morgan fingerprint density at radius 3 is 2.67 bits per heavy atom. The summed E-state index contributed by atoms with van der Waals surface area (Å²) in [5.74, 6) is 2.27. The molecule has 2 saturated heterocycles. The summed E-state index contributed by atoms with van der Waals surface area (Å²) in [4.78, 5) is 29.5. The van der Waals surface area contributed by atoms with E-state index in [0.29, 0.717) is 11.9 Å². The number of amides is 1. The fourth-order valence-electron chi connectivity index (χ4n) is 5.06. The van der Waals surface area contributed by atoms with Gasteiger partial charge in [-0.05, 0) is 42.7 Å². The van der Waals surface area contributed by atoms with E-state index in [9.17, 15) is 9.90 Å². The molecule has 36 heavy (non-hydrogen) atoms. The molecule has 1 amide bonds. The van der Waals surface area contributed by atoms with Crippen LogP contribution in [0.2, 0.25) is 0 Å². The van der Waals surface area contributed by atoms with Crippen molar-refractivity contribution < 1.29 is 9.90 Å². The molecule has 1 unspecified atom stereocenters. The fourth-order valence-corrected chi connectivity index (χ4v) is 5.06. The molecule has 9 heteroatoms. The Labute approximate surface area is 212 Å². The van der Waals surface area contributed by atoms with Crippen LogP contribution in [0.25, 0.3) is 6.08 Å². The number of carbonyl (C=O) groups is 1. The fraction of sp³-hybridized carbons (Fsp3) is 0.444. The molecule has 5 rings (SSSR count). The van der Waals surface area contributed by atoms with E-state index in [0.717, 1.165) is 81.5 Å². The van der Waals surface area contributed by atoms with Crippen LogP contribution in [0.1, 0.15) is 18.9 Å². The zero-order valence-corrected chi connectivity index (χ0v) is 20.9. The van der Waals surface area contributed by atoms with Crippen molar-refractivity contribution in [3.63, 3.8) is 0 Å². The van der Waals surface area contributed by atoms with Gasteiger partial charge in [0.2, 0.25) is 11.9 Å². The Bertz CT molecular complexity index is 1110. The molecule has 0 radical (unpaired) electrons. The number of nitrogens with zero attached hydrogens (tertiary/aromatic N) is 6. The van der Waals surface area contributed by atoms with Crippen LogP contribution in [0.15, 0.2) is 49.2 Å². The van der Waals surface area contributed by atoms with Gasteiger partial charge in [-0.25, -0.2) is 4.98 Å². The molecular formula is C27H35N7O2. The van der Waals surface area contributed by atoms with Crippen molar-refractivity contribution in [1.29, 1.82) is 0 Å². The van der Waals surface area contributed by atoms with E-state index in [1.807, 2.05) is 28.1 Å². The van der Waals surface area contributed by atoms with Crippen molar-refractivity contribution in [2.24, 2.45) is 5.92 Å². The van der Waals surface area contributed by atoms with Gasteiger partial charge in [0.1, 0.15) is 12.0 Å². The van der Waals surface area contributed by atoms with E-state index in [1.165, 1.54) is 0 Å². The summed E-state index contributed by atoms with van der Waals surface area (Å²) in [7, 11) is 0. The number of carbonyl (C=O) groups excluding carboxylic acids is 1. The number of rotatable bonds is 8. The number of hydrogen-bond donors (Lipinski definition) is 2. The van der Waals surface area contributed by atoms with Crippen LogP contribution in [-0.2, 0) is 4.79 Å². The number of aliphatic hydroxyl groups is 1. The maximum absolute atomic E-state index is 11.6. The van der Waals surface area contributed by atoms with Crippen molar-refractivity contribution in [3.05, 3.63) is 54.8 Å². The van der Waals surface area contributed by atoms with Gasteiger partial charge < -0.3 is 25.1 Å². The Morgan fingerprint density at radius 1 is 1.22 bits per heavy atom. The third-order valence-corrected chi connectivity index (χ3v) is 7.31. The number of nitrogens with one attached hydrogen (secondary N) is 1. The summed E-state index contributed by atoms with van der Waals surface area (Å²) in [5, 5.41) is 13.2. The smallest absolute Gasteiger partial charge is 0.229 e. The molecule has 1 aromatic heterocycles. The Hall–Kier alpha value is -3.43. The first-order chi connectivity index (χ1) is 17.5. The molecule has 0 aliphatic carbocycles. The van der Waals surface area contributed by atoms with Gasteiger partial charge in [-0.3, -0.25) is 9.69 Å². The van der Waals surface area contributed by atoms with Crippen LogP contribution in [-0.4, -0.2) is 89.4 Å². The highest BCUT2D eigenvalue weighted by molar-refractivity contribution is 5.73. The van der Waals surface area contributed by atoms with Crippen molar-refractivity contribution in [1.82, 2.24) is 19.8 Å². The van der Waals surface area contributed by atoms with E-state index in [1.54, 1.807) is 13.0 Å².